The molecule has 2 aliphatic rings. The summed E-state index contributed by atoms with van der Waals surface area (Å²) >= 11 is 0. The zero-order chi connectivity index (χ0) is 26.5. The van der Waals surface area contributed by atoms with Gasteiger partial charge in [-0.1, -0.05) is 112 Å². The van der Waals surface area contributed by atoms with Gasteiger partial charge in [-0.3, -0.25) is 9.59 Å². The van der Waals surface area contributed by atoms with E-state index >= 15 is 0 Å². The van der Waals surface area contributed by atoms with Gasteiger partial charge in [-0.05, 0) is 12.1 Å². The molecule has 0 aliphatic carbocycles. The van der Waals surface area contributed by atoms with E-state index in [1.807, 2.05) is 91.8 Å². The highest BCUT2D eigenvalue weighted by molar-refractivity contribution is 6.24. The second-order valence-electron chi connectivity index (χ2n) is 5.86. The van der Waals surface area contributed by atoms with Crippen molar-refractivity contribution >= 4 is 23.5 Å². The molecule has 0 unspecified atom stereocenters. The van der Waals surface area contributed by atoms with Crippen LogP contribution >= 0.6 is 0 Å². The second kappa shape index (κ2) is 20.3. The maximum Gasteiger partial charge on any atom is 0.257 e. The van der Waals surface area contributed by atoms with Gasteiger partial charge in [0.05, 0.1) is 11.1 Å². The van der Waals surface area contributed by atoms with Crippen molar-refractivity contribution in [2.75, 3.05) is 6.67 Å². The highest BCUT2D eigenvalue weighted by Crippen LogP contribution is 2.17. The van der Waals surface area contributed by atoms with Crippen molar-refractivity contribution < 1.29 is 9.59 Å². The number of amidine groups is 2. The second-order valence-corrected chi connectivity index (χ2v) is 5.86. The number of hydrogen-bond donors (Lipinski definition) is 2. The van der Waals surface area contributed by atoms with Gasteiger partial charge in [-0.2, -0.15) is 0 Å². The fourth-order valence-electron chi connectivity index (χ4n) is 2.69. The summed E-state index contributed by atoms with van der Waals surface area (Å²) in [7, 11) is 0. The van der Waals surface area contributed by atoms with Crippen LogP contribution in [0.4, 0.5) is 0 Å². The summed E-state index contributed by atoms with van der Waals surface area (Å²) in [5, 5.41) is 5.45. The molecule has 2 aromatic rings. The largest absolute Gasteiger partial charge is 0.306 e. The predicted octanol–water partition coefficient (Wildman–Crippen LogP) is 6.85. The Hall–Kier alpha value is -3.28. The summed E-state index contributed by atoms with van der Waals surface area (Å²) in [5.41, 5.74) is 2.76. The number of nitrogens with zero attached hydrogens (tertiary/aromatic N) is 2. The fourth-order valence-corrected chi connectivity index (χ4v) is 2.69. The molecule has 0 spiro atoms. The first-order valence-electron chi connectivity index (χ1n) is 12.6. The zero-order valence-corrected chi connectivity index (χ0v) is 22.7. The summed E-state index contributed by atoms with van der Waals surface area (Å²) in [6, 6.07) is 14.5. The van der Waals surface area contributed by atoms with Crippen molar-refractivity contribution in [3.63, 3.8) is 0 Å². The van der Waals surface area contributed by atoms with Crippen molar-refractivity contribution in [1.29, 1.82) is 0 Å². The van der Waals surface area contributed by atoms with Gasteiger partial charge < -0.3 is 10.6 Å². The minimum Gasteiger partial charge on any atom is -0.306 e. The van der Waals surface area contributed by atoms with Crippen molar-refractivity contribution in [2.45, 2.75) is 75.7 Å². The molecule has 188 valence electrons. The van der Waals surface area contributed by atoms with E-state index < -0.39 is 0 Å². The molecule has 0 aromatic heterocycles. The molecule has 0 atom stereocenters. The number of rotatable bonds is 2. The highest BCUT2D eigenvalue weighted by Gasteiger charge is 2.25. The van der Waals surface area contributed by atoms with E-state index in [2.05, 4.69) is 34.5 Å². The van der Waals surface area contributed by atoms with Crippen LogP contribution in [0.3, 0.4) is 0 Å². The molecule has 2 heterocycles. The third-order valence-corrected chi connectivity index (χ3v) is 3.78. The molecule has 2 amide bonds. The summed E-state index contributed by atoms with van der Waals surface area (Å²) in [6.07, 6.45) is 1.25. The fraction of sp³-hybridized carbons (Fsp3) is 0.429. The third kappa shape index (κ3) is 9.30. The molecule has 0 bridgehead atoms. The third-order valence-electron chi connectivity index (χ3n) is 3.78. The van der Waals surface area contributed by atoms with Gasteiger partial charge in [0.25, 0.3) is 11.8 Å². The molecular weight excluding hydrogens is 424 g/mol. The summed E-state index contributed by atoms with van der Waals surface area (Å²) in [6.45, 7) is 20.4. The first-order valence-corrected chi connectivity index (χ1v) is 12.6. The topological polar surface area (TPSA) is 82.9 Å². The standard InChI is InChI=1S/C17H12N4O2.C3H8.4C2H6/c22-16-12-7-3-1-5-10(12)14(20-16)18-9-19-15-11-6-2-4-8-13(11)17(23)21-15;1-3-2;4*1-2/h1-8H,9H2,(H,18,20,22)(H,19,21,23);3H2,1-2H3;4*1-2H3. The number of hydrogen-bond acceptors (Lipinski definition) is 4. The Morgan fingerprint density at radius 3 is 1.12 bits per heavy atom. The van der Waals surface area contributed by atoms with E-state index in [1.54, 1.807) is 12.1 Å². The minimum atomic E-state index is -0.161. The van der Waals surface area contributed by atoms with Gasteiger partial charge in [0.1, 0.15) is 18.3 Å². The van der Waals surface area contributed by atoms with E-state index in [4.69, 9.17) is 0 Å². The van der Waals surface area contributed by atoms with Gasteiger partial charge in [0.15, 0.2) is 0 Å². The number of fused-ring (bicyclic) bond motifs is 2. The average Bonchev–Trinajstić information content (AvgIpc) is 3.41. The van der Waals surface area contributed by atoms with E-state index in [9.17, 15) is 9.59 Å². The van der Waals surface area contributed by atoms with E-state index in [-0.39, 0.29) is 18.5 Å². The van der Waals surface area contributed by atoms with Crippen LogP contribution in [0.2, 0.25) is 0 Å². The van der Waals surface area contributed by atoms with Crippen molar-refractivity contribution in [3.05, 3.63) is 70.8 Å². The zero-order valence-electron chi connectivity index (χ0n) is 22.7. The van der Waals surface area contributed by atoms with E-state index in [0.717, 1.165) is 11.1 Å². The minimum absolute atomic E-state index is 0.119. The molecule has 2 aliphatic heterocycles. The lowest BCUT2D eigenvalue weighted by molar-refractivity contribution is 0.0975. The van der Waals surface area contributed by atoms with E-state index in [0.29, 0.717) is 22.8 Å². The Bertz CT molecular complexity index is 845. The average molecular weight is 469 g/mol. The van der Waals surface area contributed by atoms with E-state index in [1.165, 1.54) is 6.42 Å². The molecule has 6 nitrogen and oxygen atoms in total. The SMILES string of the molecule is CC.CC.CC.CC.CCC.O=C1NC(=NCN=C2NC(=O)c3ccccc32)c2ccccc21. The molecule has 6 heteroatoms. The molecule has 0 saturated carbocycles. The lowest BCUT2D eigenvalue weighted by Gasteiger charge is -1.99. The Labute approximate surface area is 207 Å². The van der Waals surface area contributed by atoms with Gasteiger partial charge in [-0.15, -0.1) is 0 Å². The van der Waals surface area contributed by atoms with Crippen LogP contribution < -0.4 is 10.6 Å². The van der Waals surface area contributed by atoms with Crippen LogP contribution in [0, 0.1) is 0 Å². The molecular formula is C28H44N4O2. The van der Waals surface area contributed by atoms with Crippen LogP contribution in [0.25, 0.3) is 0 Å². The number of carbonyl (C=O) groups excluding carboxylic acids is 2. The summed E-state index contributed by atoms with van der Waals surface area (Å²) in [4.78, 5) is 32.3. The quantitative estimate of drug-likeness (QED) is 0.505. The highest BCUT2D eigenvalue weighted by atomic mass is 16.2. The number of nitrogens with one attached hydrogen (secondary N) is 2. The number of carbonyl (C=O) groups is 2. The lowest BCUT2D eigenvalue weighted by atomic mass is 10.1. The first kappa shape index (κ1) is 32.9. The van der Waals surface area contributed by atoms with Gasteiger partial charge in [0, 0.05) is 11.1 Å². The molecule has 0 radical (unpaired) electrons. The molecule has 0 fully saturated rings. The molecule has 34 heavy (non-hydrogen) atoms. The molecule has 0 saturated heterocycles. The normalized spacial score (nSPS) is 13.9. The molecule has 4 rings (SSSR count). The Kier molecular flexibility index (Phi) is 19.7. The van der Waals surface area contributed by atoms with Crippen LogP contribution in [-0.2, 0) is 0 Å². The predicted molar refractivity (Wildman–Crippen MR) is 147 cm³/mol. The summed E-state index contributed by atoms with van der Waals surface area (Å²) in [5.74, 6) is 0.693. The molecule has 2 aromatic carbocycles. The summed E-state index contributed by atoms with van der Waals surface area (Å²) < 4.78 is 0. The smallest absolute Gasteiger partial charge is 0.257 e. The van der Waals surface area contributed by atoms with Crippen molar-refractivity contribution in [3.8, 4) is 0 Å². The molecule has 2 N–H and O–H groups in total. The lowest BCUT2D eigenvalue weighted by Crippen LogP contribution is -2.23. The van der Waals surface area contributed by atoms with Gasteiger partial charge in [0.2, 0.25) is 0 Å². The first-order chi connectivity index (χ1) is 16.7. The van der Waals surface area contributed by atoms with Gasteiger partial charge in [-0.25, -0.2) is 9.98 Å². The monoisotopic (exact) mass is 468 g/mol. The van der Waals surface area contributed by atoms with Gasteiger partial charge >= 0.3 is 0 Å². The maximum atomic E-state index is 11.8. The number of amides is 2. The van der Waals surface area contributed by atoms with Crippen LogP contribution in [-0.4, -0.2) is 30.2 Å². The van der Waals surface area contributed by atoms with Crippen molar-refractivity contribution in [1.82, 2.24) is 10.6 Å². The van der Waals surface area contributed by atoms with Crippen molar-refractivity contribution in [2.24, 2.45) is 9.98 Å². The number of aliphatic imine (C=N–C) groups is 2. The Morgan fingerprint density at radius 2 is 0.824 bits per heavy atom. The Morgan fingerprint density at radius 1 is 0.559 bits per heavy atom. The van der Waals surface area contributed by atoms with Crippen LogP contribution in [0.1, 0.15) is 108 Å². The van der Waals surface area contributed by atoms with Crippen LogP contribution in [0.5, 0.6) is 0 Å². The van der Waals surface area contributed by atoms with Crippen LogP contribution in [0.15, 0.2) is 58.5 Å². The number of benzene rings is 2. The Balaban J connectivity index is 0. The maximum absolute atomic E-state index is 11.8.